The van der Waals surface area contributed by atoms with Crippen molar-refractivity contribution in [2.75, 3.05) is 5.73 Å². The molecule has 0 saturated heterocycles. The van der Waals surface area contributed by atoms with Crippen LogP contribution in [0.1, 0.15) is 0 Å². The van der Waals surface area contributed by atoms with Crippen LogP contribution >= 0.6 is 0 Å². The Labute approximate surface area is 85.4 Å². The van der Waals surface area contributed by atoms with E-state index in [0.717, 1.165) is 6.07 Å². The Kier molecular flexibility index (Phi) is 2.33. The van der Waals surface area contributed by atoms with E-state index >= 15 is 0 Å². The first-order valence-electron chi connectivity index (χ1n) is 4.34. The lowest BCUT2D eigenvalue weighted by Gasteiger charge is -2.04. The first-order chi connectivity index (χ1) is 7.16. The van der Waals surface area contributed by atoms with Gasteiger partial charge in [-0.2, -0.15) is 0 Å². The van der Waals surface area contributed by atoms with E-state index in [9.17, 15) is 8.78 Å². The van der Waals surface area contributed by atoms with Crippen molar-refractivity contribution in [1.29, 1.82) is 0 Å². The van der Waals surface area contributed by atoms with E-state index in [1.807, 2.05) is 0 Å². The molecule has 0 unspecified atom stereocenters. The normalized spacial score (nSPS) is 10.3. The molecule has 0 saturated carbocycles. The molecule has 4 heteroatoms. The number of anilines is 1. The molecule has 0 spiro atoms. The van der Waals surface area contributed by atoms with Gasteiger partial charge in [-0.25, -0.2) is 13.8 Å². The molecule has 2 rings (SSSR count). The van der Waals surface area contributed by atoms with Crippen molar-refractivity contribution in [3.63, 3.8) is 0 Å². The smallest absolute Gasteiger partial charge is 0.131 e. The summed E-state index contributed by atoms with van der Waals surface area (Å²) >= 11 is 0. The highest BCUT2D eigenvalue weighted by molar-refractivity contribution is 5.73. The molecule has 0 atom stereocenters. The number of rotatable bonds is 1. The van der Waals surface area contributed by atoms with E-state index in [1.54, 1.807) is 12.1 Å². The number of pyridine rings is 1. The van der Waals surface area contributed by atoms with Crippen LogP contribution in [-0.4, -0.2) is 4.98 Å². The first kappa shape index (κ1) is 9.58. The lowest BCUT2D eigenvalue weighted by atomic mass is 10.1. The zero-order valence-corrected chi connectivity index (χ0v) is 7.74. The van der Waals surface area contributed by atoms with Crippen LogP contribution in [0.5, 0.6) is 0 Å². The van der Waals surface area contributed by atoms with Crippen LogP contribution in [0.2, 0.25) is 0 Å². The topological polar surface area (TPSA) is 38.9 Å². The third-order valence-corrected chi connectivity index (χ3v) is 2.01. The van der Waals surface area contributed by atoms with E-state index in [1.165, 1.54) is 18.3 Å². The van der Waals surface area contributed by atoms with Crippen molar-refractivity contribution in [2.45, 2.75) is 0 Å². The molecule has 1 aromatic heterocycles. The van der Waals surface area contributed by atoms with Crippen LogP contribution in [0.15, 0.2) is 36.5 Å². The molecule has 76 valence electrons. The average molecular weight is 206 g/mol. The van der Waals surface area contributed by atoms with E-state index in [0.29, 0.717) is 11.1 Å². The molecule has 0 aliphatic rings. The quantitative estimate of drug-likeness (QED) is 0.778. The molecule has 2 aromatic rings. The van der Waals surface area contributed by atoms with Crippen molar-refractivity contribution < 1.29 is 8.78 Å². The minimum Gasteiger partial charge on any atom is -0.383 e. The maximum absolute atomic E-state index is 12.9. The SMILES string of the molecule is Nc1ncccc1-c1cc(F)cc(F)c1. The molecule has 1 aromatic carbocycles. The molecule has 1 heterocycles. The Hall–Kier alpha value is -1.97. The van der Waals surface area contributed by atoms with Gasteiger partial charge in [0.15, 0.2) is 0 Å². The zero-order valence-electron chi connectivity index (χ0n) is 7.74. The molecule has 0 aliphatic heterocycles. The van der Waals surface area contributed by atoms with E-state index in [4.69, 9.17) is 5.73 Å². The zero-order chi connectivity index (χ0) is 10.8. The molecular formula is C11H8F2N2. The van der Waals surface area contributed by atoms with E-state index in [-0.39, 0.29) is 5.82 Å². The fourth-order valence-electron chi connectivity index (χ4n) is 1.37. The number of nitrogens with zero attached hydrogens (tertiary/aromatic N) is 1. The minimum atomic E-state index is -0.631. The van der Waals surface area contributed by atoms with E-state index in [2.05, 4.69) is 4.98 Å². The number of aromatic nitrogens is 1. The van der Waals surface area contributed by atoms with Gasteiger partial charge in [0.25, 0.3) is 0 Å². The van der Waals surface area contributed by atoms with Crippen LogP contribution in [0.4, 0.5) is 14.6 Å². The van der Waals surface area contributed by atoms with Gasteiger partial charge in [0.2, 0.25) is 0 Å². The van der Waals surface area contributed by atoms with Crippen LogP contribution < -0.4 is 5.73 Å². The third-order valence-electron chi connectivity index (χ3n) is 2.01. The molecule has 0 amide bonds. The second-order valence-corrected chi connectivity index (χ2v) is 3.09. The Morgan fingerprint density at radius 2 is 1.73 bits per heavy atom. The molecule has 15 heavy (non-hydrogen) atoms. The summed E-state index contributed by atoms with van der Waals surface area (Å²) < 4.78 is 25.9. The van der Waals surface area contributed by atoms with Crippen LogP contribution in [-0.2, 0) is 0 Å². The van der Waals surface area contributed by atoms with Crippen LogP contribution in [0, 0.1) is 11.6 Å². The molecule has 2 N–H and O–H groups in total. The van der Waals surface area contributed by atoms with Crippen molar-refractivity contribution in [1.82, 2.24) is 4.98 Å². The minimum absolute atomic E-state index is 0.252. The lowest BCUT2D eigenvalue weighted by molar-refractivity contribution is 0.584. The monoisotopic (exact) mass is 206 g/mol. The number of benzene rings is 1. The Bertz CT molecular complexity index is 477. The van der Waals surface area contributed by atoms with E-state index < -0.39 is 11.6 Å². The summed E-state index contributed by atoms with van der Waals surface area (Å²) in [6.45, 7) is 0. The maximum Gasteiger partial charge on any atom is 0.131 e. The summed E-state index contributed by atoms with van der Waals surface area (Å²) in [7, 11) is 0. The predicted octanol–water partition coefficient (Wildman–Crippen LogP) is 2.61. The number of hydrogen-bond donors (Lipinski definition) is 1. The van der Waals surface area contributed by atoms with Gasteiger partial charge in [-0.1, -0.05) is 0 Å². The third kappa shape index (κ3) is 1.93. The fourth-order valence-corrected chi connectivity index (χ4v) is 1.37. The fraction of sp³-hybridized carbons (Fsp3) is 0. The summed E-state index contributed by atoms with van der Waals surface area (Å²) in [6.07, 6.45) is 1.52. The van der Waals surface area contributed by atoms with Crippen molar-refractivity contribution in [2.24, 2.45) is 0 Å². The van der Waals surface area contributed by atoms with Gasteiger partial charge in [-0.05, 0) is 29.8 Å². The average Bonchev–Trinajstić information content (AvgIpc) is 2.16. The van der Waals surface area contributed by atoms with Crippen LogP contribution in [0.3, 0.4) is 0 Å². The molecular weight excluding hydrogens is 198 g/mol. The summed E-state index contributed by atoms with van der Waals surface area (Å²) in [5.74, 6) is -1.01. The van der Waals surface area contributed by atoms with Gasteiger partial charge in [-0.15, -0.1) is 0 Å². The maximum atomic E-state index is 12.9. The van der Waals surface area contributed by atoms with Gasteiger partial charge in [0.1, 0.15) is 17.5 Å². The molecule has 2 nitrogen and oxygen atoms in total. The summed E-state index contributed by atoms with van der Waals surface area (Å²) in [6, 6.07) is 6.58. The van der Waals surface area contributed by atoms with Gasteiger partial charge in [0, 0.05) is 17.8 Å². The highest BCUT2D eigenvalue weighted by atomic mass is 19.1. The highest BCUT2D eigenvalue weighted by Crippen LogP contribution is 2.25. The molecule has 0 aliphatic carbocycles. The Balaban J connectivity index is 2.59. The number of nitrogens with two attached hydrogens (primary N) is 1. The second kappa shape index (κ2) is 3.65. The van der Waals surface area contributed by atoms with Crippen molar-refractivity contribution in [3.05, 3.63) is 48.2 Å². The van der Waals surface area contributed by atoms with Crippen molar-refractivity contribution >= 4 is 5.82 Å². The van der Waals surface area contributed by atoms with Gasteiger partial charge in [0.05, 0.1) is 0 Å². The second-order valence-electron chi connectivity index (χ2n) is 3.09. The molecule has 0 fully saturated rings. The number of hydrogen-bond acceptors (Lipinski definition) is 2. The van der Waals surface area contributed by atoms with Gasteiger partial charge in [-0.3, -0.25) is 0 Å². The first-order valence-corrected chi connectivity index (χ1v) is 4.34. The molecule has 0 radical (unpaired) electrons. The summed E-state index contributed by atoms with van der Waals surface area (Å²) in [5, 5.41) is 0. The summed E-state index contributed by atoms with van der Waals surface area (Å²) in [5.41, 5.74) is 6.51. The Morgan fingerprint density at radius 1 is 1.07 bits per heavy atom. The molecule has 0 bridgehead atoms. The highest BCUT2D eigenvalue weighted by Gasteiger charge is 2.06. The lowest BCUT2D eigenvalue weighted by Crippen LogP contribution is -1.93. The standard InChI is InChI=1S/C11H8F2N2/c12-8-4-7(5-9(13)6-8)10-2-1-3-15-11(10)14/h1-6H,(H2,14,15). The van der Waals surface area contributed by atoms with Gasteiger partial charge < -0.3 is 5.73 Å². The summed E-state index contributed by atoms with van der Waals surface area (Å²) in [4.78, 5) is 3.85. The number of halogens is 2. The Morgan fingerprint density at radius 3 is 2.33 bits per heavy atom. The van der Waals surface area contributed by atoms with Crippen LogP contribution in [0.25, 0.3) is 11.1 Å². The predicted molar refractivity (Wildman–Crippen MR) is 54.0 cm³/mol. The number of nitrogen functional groups attached to an aromatic ring is 1. The largest absolute Gasteiger partial charge is 0.383 e. The van der Waals surface area contributed by atoms with Gasteiger partial charge >= 0.3 is 0 Å². The van der Waals surface area contributed by atoms with Crippen molar-refractivity contribution in [3.8, 4) is 11.1 Å².